The van der Waals surface area contributed by atoms with Gasteiger partial charge in [0.2, 0.25) is 0 Å². The SMILES string of the molecule is CC1=C2CC(C)(C)C[C@H]2[C@H](OC(=O)[C@H](O)[C@@H](NC(=O)c2ccccc2)c2ccccc2)c2cocc2C1. The molecule has 2 aliphatic carbocycles. The first kappa shape index (κ1) is 25.0. The number of hydrogen-bond acceptors (Lipinski definition) is 5. The molecule has 2 aromatic carbocycles. The van der Waals surface area contributed by atoms with Crippen molar-refractivity contribution in [2.45, 2.75) is 58.3 Å². The normalized spacial score (nSPS) is 21.8. The summed E-state index contributed by atoms with van der Waals surface area (Å²) in [5.74, 6) is -1.15. The van der Waals surface area contributed by atoms with Gasteiger partial charge in [0.05, 0.1) is 18.6 Å². The van der Waals surface area contributed by atoms with Crippen molar-refractivity contribution < 1.29 is 23.8 Å². The summed E-state index contributed by atoms with van der Waals surface area (Å²) in [7, 11) is 0. The Kier molecular flexibility index (Phi) is 6.78. The predicted octanol–water partition coefficient (Wildman–Crippen LogP) is 5.70. The number of aliphatic hydroxyl groups is 1. The lowest BCUT2D eigenvalue weighted by Crippen LogP contribution is -2.41. The summed E-state index contributed by atoms with van der Waals surface area (Å²) in [5.41, 5.74) is 5.60. The lowest BCUT2D eigenvalue weighted by atomic mass is 9.87. The van der Waals surface area contributed by atoms with E-state index >= 15 is 0 Å². The van der Waals surface area contributed by atoms with Crippen molar-refractivity contribution >= 4 is 11.9 Å². The van der Waals surface area contributed by atoms with Gasteiger partial charge in [-0.1, -0.05) is 73.5 Å². The van der Waals surface area contributed by atoms with Gasteiger partial charge in [0.15, 0.2) is 6.10 Å². The summed E-state index contributed by atoms with van der Waals surface area (Å²) < 4.78 is 11.7. The first-order valence-corrected chi connectivity index (χ1v) is 12.8. The van der Waals surface area contributed by atoms with Crippen LogP contribution in [0, 0.1) is 11.3 Å². The van der Waals surface area contributed by atoms with E-state index in [0.29, 0.717) is 11.1 Å². The van der Waals surface area contributed by atoms with Crippen LogP contribution in [0.15, 0.2) is 88.8 Å². The van der Waals surface area contributed by atoms with Gasteiger partial charge in [-0.05, 0) is 49.3 Å². The van der Waals surface area contributed by atoms with Crippen LogP contribution in [0.1, 0.15) is 72.8 Å². The van der Waals surface area contributed by atoms with E-state index < -0.39 is 24.2 Å². The largest absolute Gasteiger partial charge is 0.472 e. The number of ether oxygens (including phenoxy) is 1. The van der Waals surface area contributed by atoms with Crippen molar-refractivity contribution in [2.75, 3.05) is 0 Å². The zero-order valence-corrected chi connectivity index (χ0v) is 21.4. The number of carbonyl (C=O) groups excluding carboxylic acids is 2. The van der Waals surface area contributed by atoms with E-state index in [9.17, 15) is 14.7 Å². The number of hydrogen-bond donors (Lipinski definition) is 2. The molecular weight excluding hydrogens is 466 g/mol. The van der Waals surface area contributed by atoms with Crippen LogP contribution in [0.2, 0.25) is 0 Å². The Morgan fingerprint density at radius 2 is 1.73 bits per heavy atom. The molecule has 1 fully saturated rings. The van der Waals surface area contributed by atoms with Crippen LogP contribution in [0.4, 0.5) is 0 Å². The number of nitrogens with one attached hydrogen (secondary N) is 1. The van der Waals surface area contributed by atoms with Gasteiger partial charge in [-0.25, -0.2) is 4.79 Å². The Labute approximate surface area is 217 Å². The average Bonchev–Trinajstić information content (AvgIpc) is 3.47. The topological polar surface area (TPSA) is 88.8 Å². The Bertz CT molecular complexity index is 1310. The van der Waals surface area contributed by atoms with Crippen LogP contribution in [-0.4, -0.2) is 23.1 Å². The van der Waals surface area contributed by atoms with E-state index in [1.807, 2.05) is 12.1 Å². The molecule has 4 atom stereocenters. The molecule has 0 spiro atoms. The second kappa shape index (κ2) is 10.0. The maximum absolute atomic E-state index is 13.5. The first-order valence-electron chi connectivity index (χ1n) is 12.8. The molecule has 37 heavy (non-hydrogen) atoms. The van der Waals surface area contributed by atoms with Gasteiger partial charge < -0.3 is 19.6 Å². The molecule has 6 heteroatoms. The minimum absolute atomic E-state index is 0.0130. The summed E-state index contributed by atoms with van der Waals surface area (Å²) >= 11 is 0. The fourth-order valence-corrected chi connectivity index (χ4v) is 5.83. The van der Waals surface area contributed by atoms with Gasteiger partial charge in [0, 0.05) is 22.6 Å². The summed E-state index contributed by atoms with van der Waals surface area (Å²) in [5, 5.41) is 14.1. The molecule has 0 bridgehead atoms. The molecule has 5 rings (SSSR count). The van der Waals surface area contributed by atoms with Crippen molar-refractivity contribution in [3.8, 4) is 0 Å². The third-order valence-corrected chi connectivity index (χ3v) is 7.62. The smallest absolute Gasteiger partial charge is 0.338 e. The Balaban J connectivity index is 1.43. The van der Waals surface area contributed by atoms with E-state index in [2.05, 4.69) is 26.1 Å². The lowest BCUT2D eigenvalue weighted by molar-refractivity contribution is -0.163. The summed E-state index contributed by atoms with van der Waals surface area (Å²) in [6, 6.07) is 16.7. The van der Waals surface area contributed by atoms with E-state index in [-0.39, 0.29) is 17.2 Å². The number of allylic oxidation sites excluding steroid dienone is 1. The van der Waals surface area contributed by atoms with Gasteiger partial charge in [-0.3, -0.25) is 4.79 Å². The molecule has 192 valence electrons. The lowest BCUT2D eigenvalue weighted by Gasteiger charge is -2.29. The van der Waals surface area contributed by atoms with Gasteiger partial charge in [-0.15, -0.1) is 0 Å². The molecule has 1 amide bonds. The van der Waals surface area contributed by atoms with E-state index in [1.54, 1.807) is 61.1 Å². The molecule has 1 heterocycles. The zero-order valence-electron chi connectivity index (χ0n) is 21.4. The van der Waals surface area contributed by atoms with Gasteiger partial charge in [-0.2, -0.15) is 0 Å². The molecule has 3 aromatic rings. The van der Waals surface area contributed by atoms with Gasteiger partial charge in [0.1, 0.15) is 6.10 Å². The Morgan fingerprint density at radius 3 is 2.43 bits per heavy atom. The highest BCUT2D eigenvalue weighted by molar-refractivity contribution is 5.94. The molecule has 0 unspecified atom stereocenters. The van der Waals surface area contributed by atoms with Crippen LogP contribution in [0.5, 0.6) is 0 Å². The molecule has 0 saturated heterocycles. The third-order valence-electron chi connectivity index (χ3n) is 7.62. The van der Waals surface area contributed by atoms with Crippen molar-refractivity contribution in [3.05, 3.63) is 107 Å². The number of fused-ring (bicyclic) bond motifs is 2. The van der Waals surface area contributed by atoms with Crippen molar-refractivity contribution in [1.82, 2.24) is 5.32 Å². The van der Waals surface area contributed by atoms with Crippen molar-refractivity contribution in [1.29, 1.82) is 0 Å². The highest BCUT2D eigenvalue weighted by Crippen LogP contribution is 2.54. The molecule has 6 nitrogen and oxygen atoms in total. The highest BCUT2D eigenvalue weighted by atomic mass is 16.6. The number of aliphatic hydroxyl groups excluding tert-OH is 1. The second-order valence-electron chi connectivity index (χ2n) is 11.0. The van der Waals surface area contributed by atoms with Crippen LogP contribution >= 0.6 is 0 Å². The number of rotatable bonds is 6. The molecule has 1 aromatic heterocycles. The van der Waals surface area contributed by atoms with Crippen LogP contribution in [0.3, 0.4) is 0 Å². The van der Waals surface area contributed by atoms with E-state index in [1.165, 1.54) is 11.1 Å². The fourth-order valence-electron chi connectivity index (χ4n) is 5.83. The number of amides is 1. The minimum Gasteiger partial charge on any atom is -0.472 e. The van der Waals surface area contributed by atoms with Crippen molar-refractivity contribution in [2.24, 2.45) is 11.3 Å². The number of furan rings is 1. The summed E-state index contributed by atoms with van der Waals surface area (Å²) in [6.45, 7) is 6.61. The third kappa shape index (κ3) is 5.12. The first-order chi connectivity index (χ1) is 17.7. The van der Waals surface area contributed by atoms with Gasteiger partial charge >= 0.3 is 5.97 Å². The minimum atomic E-state index is -1.60. The molecule has 1 saturated carbocycles. The van der Waals surface area contributed by atoms with Gasteiger partial charge in [0.25, 0.3) is 5.91 Å². The van der Waals surface area contributed by atoms with E-state index in [4.69, 9.17) is 9.15 Å². The molecule has 0 radical (unpaired) electrons. The zero-order chi connectivity index (χ0) is 26.2. The standard InChI is InChI=1S/C31H33NO5/c1-19-14-22-17-36-18-25(22)28(24-16-31(2,3)15-23(19)24)37-30(35)27(33)26(20-10-6-4-7-11-20)32-29(34)21-12-8-5-9-13-21/h4-13,17-18,24,26-28,33H,14-16H2,1-3H3,(H,32,34)/t24-,26+,27-,28+/m1/s1. The van der Waals surface area contributed by atoms with Crippen molar-refractivity contribution in [3.63, 3.8) is 0 Å². The number of carbonyl (C=O) groups is 2. The monoisotopic (exact) mass is 499 g/mol. The summed E-state index contributed by atoms with van der Waals surface area (Å²) in [6.07, 6.45) is 3.78. The predicted molar refractivity (Wildman–Crippen MR) is 140 cm³/mol. The highest BCUT2D eigenvalue weighted by Gasteiger charge is 2.45. The molecule has 2 N–H and O–H groups in total. The van der Waals surface area contributed by atoms with Crippen LogP contribution in [0.25, 0.3) is 0 Å². The molecule has 0 aliphatic heterocycles. The van der Waals surface area contributed by atoms with Crippen LogP contribution in [-0.2, 0) is 16.0 Å². The maximum atomic E-state index is 13.5. The fraction of sp³-hybridized carbons (Fsp3) is 0.355. The average molecular weight is 500 g/mol. The summed E-state index contributed by atoms with van der Waals surface area (Å²) in [4.78, 5) is 26.5. The van der Waals surface area contributed by atoms with E-state index in [0.717, 1.165) is 30.4 Å². The molecular formula is C31H33NO5. The molecule has 2 aliphatic rings. The quantitative estimate of drug-likeness (QED) is 0.335. The second-order valence-corrected chi connectivity index (χ2v) is 11.0. The van der Waals surface area contributed by atoms with Crippen LogP contribution < -0.4 is 5.32 Å². The Morgan fingerprint density at radius 1 is 1.05 bits per heavy atom. The Hall–Kier alpha value is -3.64. The maximum Gasteiger partial charge on any atom is 0.338 e. The number of benzene rings is 2. The number of esters is 1.